The number of amides is 1. The number of hydrogen-bond donors (Lipinski definition) is 2. The van der Waals surface area contributed by atoms with Crippen LogP contribution in [0.25, 0.3) is 22.0 Å². The first kappa shape index (κ1) is 17.1. The smallest absolute Gasteiger partial charge is 0.408 e. The first-order valence-electron chi connectivity index (χ1n) is 8.67. The number of aromatic nitrogens is 2. The van der Waals surface area contributed by atoms with Crippen LogP contribution >= 0.6 is 0 Å². The number of rotatable bonds is 5. The Bertz CT molecular complexity index is 1180. The van der Waals surface area contributed by atoms with Gasteiger partial charge in [-0.05, 0) is 55.9 Å². The first-order chi connectivity index (χ1) is 13.0. The summed E-state index contributed by atoms with van der Waals surface area (Å²) in [5.74, 6) is -0.781. The number of nitrogens with zero attached hydrogens (tertiary/aromatic N) is 2. The first-order valence-corrected chi connectivity index (χ1v) is 8.67. The Hall–Kier alpha value is -3.32. The minimum absolute atomic E-state index is 0.246. The third-order valence-electron chi connectivity index (χ3n) is 4.50. The lowest BCUT2D eigenvalue weighted by atomic mass is 10.2. The van der Waals surface area contributed by atoms with Crippen LogP contribution in [0.5, 0.6) is 0 Å². The van der Waals surface area contributed by atoms with Gasteiger partial charge in [0.1, 0.15) is 0 Å². The molecule has 2 aromatic carbocycles. The second-order valence-corrected chi connectivity index (χ2v) is 6.77. The number of likely N-dealkylation sites (N-methyl/N-ethyl adjacent to an activating group) is 1. The number of hydrogen-bond acceptors (Lipinski definition) is 4. The summed E-state index contributed by atoms with van der Waals surface area (Å²) in [7, 11) is 4.09. The lowest BCUT2D eigenvalue weighted by Crippen LogP contribution is -2.18. The predicted molar refractivity (Wildman–Crippen MR) is 105 cm³/mol. The standard InChI is InChI=1S/C20H20N4O3/c1-23(2)9-10-24-8-7-13-3-5-15(12-17(13)24)21-19(25)14-4-6-18-16(11-14)22-20(26)27-18/h3-8,11-12H,9-10H2,1-2H3,(H,21,25)(H,22,26). The van der Waals surface area contributed by atoms with E-state index in [0.29, 0.717) is 16.7 Å². The highest BCUT2D eigenvalue weighted by Gasteiger charge is 2.10. The Kier molecular flexibility index (Phi) is 4.29. The van der Waals surface area contributed by atoms with Gasteiger partial charge < -0.3 is 19.2 Å². The second kappa shape index (κ2) is 6.77. The normalized spacial score (nSPS) is 11.5. The molecule has 7 heteroatoms. The summed E-state index contributed by atoms with van der Waals surface area (Å²) in [4.78, 5) is 28.5. The molecule has 0 atom stereocenters. The summed E-state index contributed by atoms with van der Waals surface area (Å²) >= 11 is 0. The van der Waals surface area contributed by atoms with Crippen molar-refractivity contribution in [3.63, 3.8) is 0 Å². The van der Waals surface area contributed by atoms with Crippen LogP contribution in [0.15, 0.2) is 57.9 Å². The molecular formula is C20H20N4O3. The number of carbonyl (C=O) groups is 1. The number of oxazole rings is 1. The number of nitrogens with one attached hydrogen (secondary N) is 2. The number of fused-ring (bicyclic) bond motifs is 2. The van der Waals surface area contributed by atoms with Gasteiger partial charge in [-0.3, -0.25) is 9.78 Å². The molecule has 2 aromatic heterocycles. The fraction of sp³-hybridized carbons (Fsp3) is 0.200. The van der Waals surface area contributed by atoms with E-state index in [1.165, 1.54) is 0 Å². The van der Waals surface area contributed by atoms with Crippen molar-refractivity contribution in [3.8, 4) is 0 Å². The molecule has 0 radical (unpaired) electrons. The van der Waals surface area contributed by atoms with Gasteiger partial charge in [-0.1, -0.05) is 6.07 Å². The number of aromatic amines is 1. The minimum atomic E-state index is -0.536. The number of benzene rings is 2. The average Bonchev–Trinajstić information content (AvgIpc) is 3.20. The molecule has 4 aromatic rings. The fourth-order valence-electron chi connectivity index (χ4n) is 3.06. The molecule has 0 aliphatic rings. The van der Waals surface area contributed by atoms with Crippen LogP contribution in [0.1, 0.15) is 10.4 Å². The highest BCUT2D eigenvalue weighted by molar-refractivity contribution is 6.06. The van der Waals surface area contributed by atoms with Crippen molar-refractivity contribution in [1.82, 2.24) is 14.5 Å². The van der Waals surface area contributed by atoms with Crippen LogP contribution in [0.2, 0.25) is 0 Å². The van der Waals surface area contributed by atoms with Crippen LogP contribution in [0, 0.1) is 0 Å². The largest absolute Gasteiger partial charge is 0.417 e. The molecule has 0 unspecified atom stereocenters. The summed E-state index contributed by atoms with van der Waals surface area (Å²) in [5.41, 5.74) is 3.17. The molecule has 0 aliphatic heterocycles. The van der Waals surface area contributed by atoms with E-state index in [1.54, 1.807) is 18.2 Å². The lowest BCUT2D eigenvalue weighted by Gasteiger charge is -2.12. The van der Waals surface area contributed by atoms with Crippen molar-refractivity contribution in [2.24, 2.45) is 0 Å². The fourth-order valence-corrected chi connectivity index (χ4v) is 3.06. The number of anilines is 1. The molecule has 0 fully saturated rings. The van der Waals surface area contributed by atoms with Crippen molar-refractivity contribution >= 4 is 33.6 Å². The van der Waals surface area contributed by atoms with Gasteiger partial charge >= 0.3 is 5.76 Å². The van der Waals surface area contributed by atoms with Crippen molar-refractivity contribution in [3.05, 3.63) is 64.8 Å². The summed E-state index contributed by atoms with van der Waals surface area (Å²) in [5, 5.41) is 4.05. The SMILES string of the molecule is CN(C)CCn1ccc2ccc(NC(=O)c3ccc4oc(=O)[nH]c4c3)cc21. The van der Waals surface area contributed by atoms with E-state index in [4.69, 9.17) is 4.42 Å². The Morgan fingerprint density at radius 2 is 2.04 bits per heavy atom. The Morgan fingerprint density at radius 1 is 1.19 bits per heavy atom. The zero-order chi connectivity index (χ0) is 19.0. The highest BCUT2D eigenvalue weighted by atomic mass is 16.4. The van der Waals surface area contributed by atoms with Crippen molar-refractivity contribution in [2.45, 2.75) is 6.54 Å². The Labute approximate surface area is 155 Å². The topological polar surface area (TPSA) is 83.3 Å². The van der Waals surface area contributed by atoms with Gasteiger partial charge in [-0.15, -0.1) is 0 Å². The van der Waals surface area contributed by atoms with Crippen LogP contribution < -0.4 is 11.1 Å². The molecule has 27 heavy (non-hydrogen) atoms. The van der Waals surface area contributed by atoms with Gasteiger partial charge in [0.05, 0.1) is 11.0 Å². The summed E-state index contributed by atoms with van der Waals surface area (Å²) in [6.45, 7) is 1.81. The maximum Gasteiger partial charge on any atom is 0.417 e. The van der Waals surface area contributed by atoms with Crippen LogP contribution in [-0.4, -0.2) is 41.0 Å². The molecule has 0 spiro atoms. The molecule has 0 bridgehead atoms. The van der Waals surface area contributed by atoms with E-state index < -0.39 is 5.76 Å². The number of H-pyrrole nitrogens is 1. The highest BCUT2D eigenvalue weighted by Crippen LogP contribution is 2.21. The maximum atomic E-state index is 12.6. The number of carbonyl (C=O) groups excluding carboxylic acids is 1. The predicted octanol–water partition coefficient (Wildman–Crippen LogP) is 2.89. The van der Waals surface area contributed by atoms with Gasteiger partial charge in [-0.2, -0.15) is 0 Å². The van der Waals surface area contributed by atoms with Gasteiger partial charge in [0, 0.05) is 30.5 Å². The third-order valence-corrected chi connectivity index (χ3v) is 4.50. The average molecular weight is 364 g/mol. The molecular weight excluding hydrogens is 344 g/mol. The zero-order valence-corrected chi connectivity index (χ0v) is 15.2. The summed E-state index contributed by atoms with van der Waals surface area (Å²) < 4.78 is 7.14. The molecule has 1 amide bonds. The molecule has 7 nitrogen and oxygen atoms in total. The maximum absolute atomic E-state index is 12.6. The lowest BCUT2D eigenvalue weighted by molar-refractivity contribution is 0.102. The molecule has 0 saturated carbocycles. The molecule has 0 aliphatic carbocycles. The Balaban J connectivity index is 1.58. The van der Waals surface area contributed by atoms with Crippen LogP contribution in [0.3, 0.4) is 0 Å². The molecule has 0 saturated heterocycles. The van der Waals surface area contributed by atoms with Crippen molar-refractivity contribution in [2.75, 3.05) is 26.0 Å². The van der Waals surface area contributed by atoms with Crippen molar-refractivity contribution < 1.29 is 9.21 Å². The molecule has 138 valence electrons. The summed E-state index contributed by atoms with van der Waals surface area (Å²) in [6, 6.07) is 12.8. The Morgan fingerprint density at radius 3 is 2.85 bits per heavy atom. The second-order valence-electron chi connectivity index (χ2n) is 6.77. The summed E-state index contributed by atoms with van der Waals surface area (Å²) in [6.07, 6.45) is 2.06. The quantitative estimate of drug-likeness (QED) is 0.570. The molecule has 4 rings (SSSR count). The van der Waals surface area contributed by atoms with E-state index in [0.717, 1.165) is 29.7 Å². The monoisotopic (exact) mass is 364 g/mol. The van der Waals surface area contributed by atoms with E-state index in [9.17, 15) is 9.59 Å². The van der Waals surface area contributed by atoms with Crippen LogP contribution in [-0.2, 0) is 6.54 Å². The minimum Gasteiger partial charge on any atom is -0.408 e. The van der Waals surface area contributed by atoms with Gasteiger partial charge in [0.15, 0.2) is 5.58 Å². The zero-order valence-electron chi connectivity index (χ0n) is 15.2. The van der Waals surface area contributed by atoms with E-state index in [-0.39, 0.29) is 5.91 Å². The van der Waals surface area contributed by atoms with Gasteiger partial charge in [-0.25, -0.2) is 4.79 Å². The van der Waals surface area contributed by atoms with Gasteiger partial charge in [0.25, 0.3) is 5.91 Å². The van der Waals surface area contributed by atoms with Gasteiger partial charge in [0.2, 0.25) is 0 Å². The van der Waals surface area contributed by atoms with E-state index >= 15 is 0 Å². The van der Waals surface area contributed by atoms with E-state index in [1.807, 2.05) is 32.3 Å². The van der Waals surface area contributed by atoms with E-state index in [2.05, 4.69) is 32.0 Å². The van der Waals surface area contributed by atoms with Crippen LogP contribution in [0.4, 0.5) is 5.69 Å². The molecule has 2 heterocycles. The van der Waals surface area contributed by atoms with Crippen molar-refractivity contribution in [1.29, 1.82) is 0 Å². The molecule has 2 N–H and O–H groups in total. The third kappa shape index (κ3) is 3.50.